The number of esters is 1. The van der Waals surface area contributed by atoms with Crippen molar-refractivity contribution in [3.63, 3.8) is 0 Å². The molecule has 21 heavy (non-hydrogen) atoms. The Morgan fingerprint density at radius 3 is 2.67 bits per heavy atom. The van der Waals surface area contributed by atoms with E-state index in [4.69, 9.17) is 0 Å². The second-order valence-corrected chi connectivity index (χ2v) is 5.34. The van der Waals surface area contributed by atoms with E-state index < -0.39 is 0 Å². The van der Waals surface area contributed by atoms with Gasteiger partial charge in [-0.25, -0.2) is 9.78 Å². The molecular weight excluding hydrogens is 288 g/mol. The van der Waals surface area contributed by atoms with Crippen LogP contribution in [0, 0.1) is 0 Å². The Balaban J connectivity index is 2.04. The summed E-state index contributed by atoms with van der Waals surface area (Å²) < 4.78 is 4.65. The Kier molecular flexibility index (Phi) is 5.16. The molecule has 0 bridgehead atoms. The first-order valence-corrected chi connectivity index (χ1v) is 7.51. The number of carbonyl (C=O) groups excluding carboxylic acids is 1. The summed E-state index contributed by atoms with van der Waals surface area (Å²) in [5, 5.41) is 0.608. The molecule has 0 aliphatic heterocycles. The lowest BCUT2D eigenvalue weighted by molar-refractivity contribution is 0.0600. The van der Waals surface area contributed by atoms with Gasteiger partial charge in [-0.3, -0.25) is 4.79 Å². The summed E-state index contributed by atoms with van der Waals surface area (Å²) in [6, 6.07) is 8.68. The van der Waals surface area contributed by atoms with Crippen molar-refractivity contribution < 1.29 is 9.53 Å². The fourth-order valence-electron chi connectivity index (χ4n) is 1.74. The lowest BCUT2D eigenvalue weighted by Crippen LogP contribution is -2.09. The van der Waals surface area contributed by atoms with E-state index in [1.165, 1.54) is 24.9 Å². The molecule has 0 spiro atoms. The highest BCUT2D eigenvalue weighted by Crippen LogP contribution is 2.19. The second-order valence-electron chi connectivity index (χ2n) is 4.37. The van der Waals surface area contributed by atoms with Crippen molar-refractivity contribution in [3.8, 4) is 0 Å². The molecule has 1 N–H and O–H groups in total. The van der Waals surface area contributed by atoms with Crippen LogP contribution in [0.2, 0.25) is 0 Å². The van der Waals surface area contributed by atoms with Gasteiger partial charge in [-0.1, -0.05) is 30.8 Å². The summed E-state index contributed by atoms with van der Waals surface area (Å²) in [6.45, 7) is 1.96. The first-order chi connectivity index (χ1) is 10.1. The van der Waals surface area contributed by atoms with Gasteiger partial charge in [0, 0.05) is 17.5 Å². The number of rotatable bonds is 5. The van der Waals surface area contributed by atoms with Crippen LogP contribution < -0.4 is 5.56 Å². The van der Waals surface area contributed by atoms with E-state index >= 15 is 0 Å². The van der Waals surface area contributed by atoms with E-state index in [0.717, 1.165) is 17.7 Å². The smallest absolute Gasteiger partial charge is 0.337 e. The summed E-state index contributed by atoms with van der Waals surface area (Å²) in [5.74, 6) is 0.313. The third kappa shape index (κ3) is 4.19. The van der Waals surface area contributed by atoms with Crippen LogP contribution in [0.5, 0.6) is 0 Å². The van der Waals surface area contributed by atoms with Gasteiger partial charge in [0.1, 0.15) is 0 Å². The number of hydrogen-bond acceptors (Lipinski definition) is 5. The highest BCUT2D eigenvalue weighted by atomic mass is 32.2. The summed E-state index contributed by atoms with van der Waals surface area (Å²) in [6.07, 6.45) is 0.727. The fraction of sp³-hybridized carbons (Fsp3) is 0.267. The van der Waals surface area contributed by atoms with Crippen LogP contribution in [0.4, 0.5) is 0 Å². The maximum atomic E-state index is 11.5. The lowest BCUT2D eigenvalue weighted by Gasteiger charge is -2.04. The second kappa shape index (κ2) is 7.08. The number of benzene rings is 1. The number of hydrogen-bond donors (Lipinski definition) is 1. The molecule has 1 aromatic heterocycles. The number of aromatic nitrogens is 2. The number of nitrogens with one attached hydrogen (secondary N) is 1. The first-order valence-electron chi connectivity index (χ1n) is 6.52. The zero-order valence-electron chi connectivity index (χ0n) is 11.9. The molecule has 0 atom stereocenters. The van der Waals surface area contributed by atoms with Crippen LogP contribution in [-0.2, 0) is 16.9 Å². The van der Waals surface area contributed by atoms with Gasteiger partial charge < -0.3 is 9.72 Å². The number of carbonyl (C=O) groups is 1. The minimum atomic E-state index is -0.351. The number of ether oxygens (including phenoxy) is 1. The predicted molar refractivity (Wildman–Crippen MR) is 81.6 cm³/mol. The van der Waals surface area contributed by atoms with Crippen LogP contribution in [0.25, 0.3) is 0 Å². The Labute approximate surface area is 126 Å². The molecule has 6 heteroatoms. The number of nitrogens with zero attached hydrogens (tertiary/aromatic N) is 1. The Morgan fingerprint density at radius 2 is 2.05 bits per heavy atom. The van der Waals surface area contributed by atoms with Crippen molar-refractivity contribution in [2.75, 3.05) is 7.11 Å². The summed E-state index contributed by atoms with van der Waals surface area (Å²) in [5.41, 5.74) is 2.20. The van der Waals surface area contributed by atoms with Crippen molar-refractivity contribution in [2.24, 2.45) is 0 Å². The molecule has 1 heterocycles. The SMILES string of the molecule is CCc1cc(=O)[nH]c(SCc2ccc(C(=O)OC)cc2)n1. The topological polar surface area (TPSA) is 72.0 Å². The van der Waals surface area contributed by atoms with E-state index in [-0.39, 0.29) is 11.5 Å². The van der Waals surface area contributed by atoms with Crippen molar-refractivity contribution in [1.82, 2.24) is 9.97 Å². The number of H-pyrrole nitrogens is 1. The normalized spacial score (nSPS) is 10.4. The minimum Gasteiger partial charge on any atom is -0.465 e. The summed E-state index contributed by atoms with van der Waals surface area (Å²) in [7, 11) is 1.36. The number of aryl methyl sites for hydroxylation is 1. The van der Waals surface area contributed by atoms with Crippen LogP contribution in [0.15, 0.2) is 40.3 Å². The molecule has 0 amide bonds. The van der Waals surface area contributed by atoms with Gasteiger partial charge in [-0.15, -0.1) is 0 Å². The molecule has 0 unspecified atom stereocenters. The highest BCUT2D eigenvalue weighted by Gasteiger charge is 2.05. The zero-order valence-corrected chi connectivity index (χ0v) is 12.7. The van der Waals surface area contributed by atoms with E-state index in [0.29, 0.717) is 16.5 Å². The van der Waals surface area contributed by atoms with E-state index in [2.05, 4.69) is 14.7 Å². The van der Waals surface area contributed by atoms with Crippen molar-refractivity contribution in [1.29, 1.82) is 0 Å². The molecule has 110 valence electrons. The average Bonchev–Trinajstić information content (AvgIpc) is 2.52. The van der Waals surface area contributed by atoms with Crippen LogP contribution in [0.3, 0.4) is 0 Å². The largest absolute Gasteiger partial charge is 0.465 e. The Hall–Kier alpha value is -2.08. The van der Waals surface area contributed by atoms with Crippen molar-refractivity contribution in [2.45, 2.75) is 24.3 Å². The fourth-order valence-corrected chi connectivity index (χ4v) is 2.59. The summed E-state index contributed by atoms with van der Waals surface area (Å²) >= 11 is 1.45. The molecule has 0 radical (unpaired) electrons. The van der Waals surface area contributed by atoms with E-state index in [9.17, 15) is 9.59 Å². The molecule has 0 aliphatic carbocycles. The van der Waals surface area contributed by atoms with Gasteiger partial charge in [0.15, 0.2) is 5.16 Å². The molecule has 2 aromatic rings. The van der Waals surface area contributed by atoms with Crippen molar-refractivity contribution >= 4 is 17.7 Å². The monoisotopic (exact) mass is 304 g/mol. The van der Waals surface area contributed by atoms with Crippen molar-refractivity contribution in [3.05, 3.63) is 57.5 Å². The Bertz CT molecular complexity index is 680. The highest BCUT2D eigenvalue weighted by molar-refractivity contribution is 7.98. The number of thioether (sulfide) groups is 1. The van der Waals surface area contributed by atoms with Gasteiger partial charge in [0.2, 0.25) is 0 Å². The lowest BCUT2D eigenvalue weighted by atomic mass is 10.1. The maximum absolute atomic E-state index is 11.5. The molecular formula is C15H16N2O3S. The standard InChI is InChI=1S/C15H16N2O3S/c1-3-12-8-13(18)17-15(16-12)21-9-10-4-6-11(7-5-10)14(19)20-2/h4-8H,3,9H2,1-2H3,(H,16,17,18). The van der Waals surface area contributed by atoms with Gasteiger partial charge in [-0.2, -0.15) is 0 Å². The van der Waals surface area contributed by atoms with Gasteiger partial charge in [-0.05, 0) is 24.1 Å². The molecule has 0 aliphatic rings. The van der Waals surface area contributed by atoms with E-state index in [1.54, 1.807) is 12.1 Å². The molecule has 0 saturated carbocycles. The van der Waals surface area contributed by atoms with E-state index in [1.807, 2.05) is 19.1 Å². The molecule has 0 fully saturated rings. The maximum Gasteiger partial charge on any atom is 0.337 e. The van der Waals surface area contributed by atoms with Crippen LogP contribution in [0.1, 0.15) is 28.5 Å². The average molecular weight is 304 g/mol. The number of aromatic amines is 1. The van der Waals surface area contributed by atoms with Crippen LogP contribution in [-0.4, -0.2) is 23.0 Å². The van der Waals surface area contributed by atoms with Gasteiger partial charge in [0.25, 0.3) is 5.56 Å². The number of methoxy groups -OCH3 is 1. The Morgan fingerprint density at radius 1 is 1.33 bits per heavy atom. The molecule has 2 rings (SSSR count). The van der Waals surface area contributed by atoms with Gasteiger partial charge >= 0.3 is 5.97 Å². The first kappa shape index (κ1) is 15.3. The quantitative estimate of drug-likeness (QED) is 0.522. The van der Waals surface area contributed by atoms with Gasteiger partial charge in [0.05, 0.1) is 12.7 Å². The van der Waals surface area contributed by atoms with Crippen LogP contribution >= 0.6 is 11.8 Å². The third-order valence-corrected chi connectivity index (χ3v) is 3.83. The predicted octanol–water partition coefficient (Wildman–Crippen LogP) is 2.41. The molecule has 0 saturated heterocycles. The molecule has 5 nitrogen and oxygen atoms in total. The molecule has 1 aromatic carbocycles. The zero-order chi connectivity index (χ0) is 15.2. The minimum absolute atomic E-state index is 0.134. The summed E-state index contributed by atoms with van der Waals surface area (Å²) in [4.78, 5) is 29.9. The third-order valence-electron chi connectivity index (χ3n) is 2.89.